The lowest BCUT2D eigenvalue weighted by Crippen LogP contribution is -2.19. The first-order chi connectivity index (χ1) is 18.5. The van der Waals surface area contributed by atoms with Crippen molar-refractivity contribution in [3.63, 3.8) is 0 Å². The number of hydrogen-bond donors (Lipinski definition) is 1. The van der Waals surface area contributed by atoms with Crippen molar-refractivity contribution in [3.8, 4) is 5.75 Å². The maximum Gasteiger partial charge on any atom is 0.344 e. The average Bonchev–Trinajstić information content (AvgIpc) is 3.29. The van der Waals surface area contributed by atoms with Crippen LogP contribution in [0.25, 0.3) is 27.6 Å². The summed E-state index contributed by atoms with van der Waals surface area (Å²) in [6, 6.07) is 31.7. The Labute approximate surface area is 227 Å². The summed E-state index contributed by atoms with van der Waals surface area (Å²) in [5, 5.41) is 7.46. The van der Waals surface area contributed by atoms with Crippen molar-refractivity contribution < 1.29 is 14.3 Å². The van der Waals surface area contributed by atoms with Crippen LogP contribution in [0.5, 0.6) is 5.75 Å². The Bertz CT molecular complexity index is 1790. The highest BCUT2D eigenvalue weighted by Crippen LogP contribution is 2.35. The van der Waals surface area contributed by atoms with E-state index in [1.54, 1.807) is 42.5 Å². The van der Waals surface area contributed by atoms with Gasteiger partial charge in [-0.05, 0) is 75.8 Å². The highest BCUT2D eigenvalue weighted by molar-refractivity contribution is 8.18. The number of fused-ring (bicyclic) bond motifs is 2. The van der Waals surface area contributed by atoms with E-state index in [9.17, 15) is 9.59 Å². The largest absolute Gasteiger partial charge is 0.422 e. The second-order valence-electron chi connectivity index (χ2n) is 8.57. The first kappa shape index (κ1) is 24.0. The van der Waals surface area contributed by atoms with Crippen LogP contribution in [0.15, 0.2) is 113 Å². The Morgan fingerprint density at radius 1 is 0.816 bits per heavy atom. The van der Waals surface area contributed by atoms with Crippen LogP contribution < -0.4 is 10.1 Å². The zero-order valence-corrected chi connectivity index (χ0v) is 21.4. The van der Waals surface area contributed by atoms with Crippen LogP contribution in [-0.2, 0) is 4.79 Å². The maximum absolute atomic E-state index is 13.3. The quantitative estimate of drug-likeness (QED) is 0.145. The number of thioether (sulfide) groups is 1. The lowest BCUT2D eigenvalue weighted by atomic mass is 10.0. The molecule has 5 aromatic rings. The van der Waals surface area contributed by atoms with Gasteiger partial charge in [-0.2, -0.15) is 0 Å². The molecular formula is C31H19ClN2O3S. The van der Waals surface area contributed by atoms with Gasteiger partial charge in [-0.15, -0.1) is 0 Å². The zero-order chi connectivity index (χ0) is 26.1. The van der Waals surface area contributed by atoms with Gasteiger partial charge in [0.2, 0.25) is 0 Å². The summed E-state index contributed by atoms with van der Waals surface area (Å²) in [5.41, 5.74) is 1.79. The number of aliphatic imine (C=N–C) groups is 1. The fraction of sp³-hybridized carbons (Fsp3) is 0. The van der Waals surface area contributed by atoms with Gasteiger partial charge < -0.3 is 10.1 Å². The number of carbonyl (C=O) groups is 2. The smallest absolute Gasteiger partial charge is 0.344 e. The van der Waals surface area contributed by atoms with Crippen molar-refractivity contribution in [3.05, 3.63) is 124 Å². The van der Waals surface area contributed by atoms with Gasteiger partial charge in [0.15, 0.2) is 5.17 Å². The van der Waals surface area contributed by atoms with E-state index in [4.69, 9.17) is 16.3 Å². The van der Waals surface area contributed by atoms with Crippen LogP contribution in [0.2, 0.25) is 5.02 Å². The number of hydrogen-bond acceptors (Lipinski definition) is 5. The molecule has 0 atom stereocenters. The number of amides is 1. The van der Waals surface area contributed by atoms with Gasteiger partial charge in [-0.25, -0.2) is 9.79 Å². The van der Waals surface area contributed by atoms with Crippen LogP contribution in [0.4, 0.5) is 5.69 Å². The van der Waals surface area contributed by atoms with E-state index in [1.165, 1.54) is 11.8 Å². The molecule has 184 valence electrons. The molecule has 6 rings (SSSR count). The highest BCUT2D eigenvalue weighted by Gasteiger charge is 2.25. The minimum absolute atomic E-state index is 0.276. The summed E-state index contributed by atoms with van der Waals surface area (Å²) in [5.74, 6) is -0.377. The van der Waals surface area contributed by atoms with E-state index >= 15 is 0 Å². The molecule has 0 saturated carbocycles. The molecule has 0 radical (unpaired) electrons. The predicted molar refractivity (Wildman–Crippen MR) is 155 cm³/mol. The van der Waals surface area contributed by atoms with Crippen molar-refractivity contribution in [2.45, 2.75) is 0 Å². The summed E-state index contributed by atoms with van der Waals surface area (Å²) in [7, 11) is 0. The number of esters is 1. The Kier molecular flexibility index (Phi) is 6.42. The van der Waals surface area contributed by atoms with E-state index < -0.39 is 5.97 Å². The Hall–Kier alpha value is -4.39. The molecule has 1 N–H and O–H groups in total. The minimum atomic E-state index is -0.467. The number of nitrogens with zero attached hydrogens (tertiary/aromatic N) is 1. The van der Waals surface area contributed by atoms with Crippen molar-refractivity contribution in [2.24, 2.45) is 4.99 Å². The summed E-state index contributed by atoms with van der Waals surface area (Å²) >= 11 is 7.19. The Morgan fingerprint density at radius 2 is 1.50 bits per heavy atom. The van der Waals surface area contributed by atoms with Gasteiger partial charge in [0.05, 0.1) is 16.2 Å². The third-order valence-electron chi connectivity index (χ3n) is 6.13. The van der Waals surface area contributed by atoms with Crippen molar-refractivity contribution in [2.75, 3.05) is 0 Å². The van der Waals surface area contributed by atoms with Gasteiger partial charge in [-0.3, -0.25) is 4.79 Å². The molecule has 1 heterocycles. The minimum Gasteiger partial charge on any atom is -0.422 e. The molecule has 38 heavy (non-hydrogen) atoms. The lowest BCUT2D eigenvalue weighted by Gasteiger charge is -2.12. The standard InChI is InChI=1S/C31H19ClN2O3S/c32-21-13-15-22(16-14-21)33-31-34-29(35)28(38-31)18-26-24-10-4-2-7-20(24)12-17-27(26)37-30(36)25-11-5-8-19-6-1-3-9-23(19)25/h1-18H,(H,33,34,35)/b28-18-. The Balaban J connectivity index is 1.38. The maximum atomic E-state index is 13.3. The SMILES string of the molecule is O=C1NC(=Nc2ccc(Cl)cc2)S/C1=C\c1c(OC(=O)c2cccc3ccccc23)ccc2ccccc12. The van der Waals surface area contributed by atoms with Crippen molar-refractivity contribution >= 4 is 73.7 Å². The van der Waals surface area contributed by atoms with Crippen LogP contribution in [0.1, 0.15) is 15.9 Å². The van der Waals surface area contributed by atoms with Crippen LogP contribution >= 0.6 is 23.4 Å². The average molecular weight is 535 g/mol. The normalized spacial score (nSPS) is 15.3. The number of benzene rings is 5. The topological polar surface area (TPSA) is 67.8 Å². The van der Waals surface area contributed by atoms with Gasteiger partial charge in [-0.1, -0.05) is 78.3 Å². The first-order valence-electron chi connectivity index (χ1n) is 11.8. The number of carbonyl (C=O) groups excluding carboxylic acids is 2. The molecule has 1 saturated heterocycles. The van der Waals surface area contributed by atoms with Gasteiger partial charge in [0.25, 0.3) is 5.91 Å². The predicted octanol–water partition coefficient (Wildman–Crippen LogP) is 7.76. The molecule has 0 spiro atoms. The molecule has 1 amide bonds. The summed E-state index contributed by atoms with van der Waals surface area (Å²) in [6.07, 6.45) is 1.75. The van der Waals surface area contributed by atoms with Gasteiger partial charge in [0.1, 0.15) is 5.75 Å². The molecule has 0 aromatic heterocycles. The number of ether oxygens (including phenoxy) is 1. The first-order valence-corrected chi connectivity index (χ1v) is 13.0. The van der Waals surface area contributed by atoms with E-state index in [-0.39, 0.29) is 5.91 Å². The number of rotatable bonds is 4. The monoisotopic (exact) mass is 534 g/mol. The molecule has 0 aliphatic carbocycles. The zero-order valence-electron chi connectivity index (χ0n) is 19.9. The number of nitrogens with one attached hydrogen (secondary N) is 1. The van der Waals surface area contributed by atoms with Crippen LogP contribution in [-0.4, -0.2) is 17.0 Å². The second kappa shape index (κ2) is 10.2. The third kappa shape index (κ3) is 4.79. The van der Waals surface area contributed by atoms with Crippen molar-refractivity contribution in [1.82, 2.24) is 5.32 Å². The molecular weight excluding hydrogens is 516 g/mol. The van der Waals surface area contributed by atoms with E-state index in [0.29, 0.717) is 37.7 Å². The molecule has 7 heteroatoms. The number of amidine groups is 1. The van der Waals surface area contributed by atoms with Gasteiger partial charge in [0, 0.05) is 10.6 Å². The molecule has 0 bridgehead atoms. The fourth-order valence-electron chi connectivity index (χ4n) is 4.32. The molecule has 1 fully saturated rings. The molecule has 5 aromatic carbocycles. The van der Waals surface area contributed by atoms with Gasteiger partial charge >= 0.3 is 5.97 Å². The third-order valence-corrected chi connectivity index (χ3v) is 7.29. The molecule has 1 aliphatic rings. The molecule has 1 aliphatic heterocycles. The fourth-order valence-corrected chi connectivity index (χ4v) is 5.27. The second-order valence-corrected chi connectivity index (χ2v) is 10.0. The molecule has 5 nitrogen and oxygen atoms in total. The summed E-state index contributed by atoms with van der Waals surface area (Å²) in [6.45, 7) is 0. The Morgan fingerprint density at radius 3 is 2.29 bits per heavy atom. The lowest BCUT2D eigenvalue weighted by molar-refractivity contribution is -0.115. The van der Waals surface area contributed by atoms with Crippen molar-refractivity contribution in [1.29, 1.82) is 0 Å². The number of halogens is 1. The van der Waals surface area contributed by atoms with E-state index in [0.717, 1.165) is 21.5 Å². The van der Waals surface area contributed by atoms with Crippen LogP contribution in [0, 0.1) is 0 Å². The summed E-state index contributed by atoms with van der Waals surface area (Å²) < 4.78 is 5.96. The highest BCUT2D eigenvalue weighted by atomic mass is 35.5. The van der Waals surface area contributed by atoms with E-state index in [2.05, 4.69) is 10.3 Å². The van der Waals surface area contributed by atoms with E-state index in [1.807, 2.05) is 66.7 Å². The molecule has 0 unspecified atom stereocenters. The summed E-state index contributed by atoms with van der Waals surface area (Å²) in [4.78, 5) is 31.1. The van der Waals surface area contributed by atoms with Crippen LogP contribution in [0.3, 0.4) is 0 Å².